The molecule has 15 heavy (non-hydrogen) atoms. The zero-order chi connectivity index (χ0) is 10.8. The maximum absolute atomic E-state index is 10.9. The summed E-state index contributed by atoms with van der Waals surface area (Å²) in [6.45, 7) is 1.79. The normalized spacial score (nSPS) is 10.2. The summed E-state index contributed by atoms with van der Waals surface area (Å²) in [5.74, 6) is -0.0293. The first-order chi connectivity index (χ1) is 7.18. The zero-order valence-corrected chi connectivity index (χ0v) is 8.10. The Morgan fingerprint density at radius 3 is 2.93 bits per heavy atom. The Hall–Kier alpha value is -2.17. The second-order valence-corrected chi connectivity index (χ2v) is 3.03. The van der Waals surface area contributed by atoms with E-state index in [4.69, 9.17) is 10.2 Å². The van der Waals surface area contributed by atoms with Crippen molar-refractivity contribution in [3.05, 3.63) is 36.0 Å². The van der Waals surface area contributed by atoms with Gasteiger partial charge in [-0.1, -0.05) is 0 Å². The first-order valence-corrected chi connectivity index (χ1v) is 4.36. The van der Waals surface area contributed by atoms with Crippen molar-refractivity contribution >= 4 is 5.91 Å². The number of primary amides is 1. The Bertz CT molecular complexity index is 491. The van der Waals surface area contributed by atoms with Crippen molar-refractivity contribution < 1.29 is 9.21 Å². The molecule has 0 saturated carbocycles. The lowest BCUT2D eigenvalue weighted by Gasteiger charge is -2.02. The van der Waals surface area contributed by atoms with Gasteiger partial charge >= 0.3 is 0 Å². The van der Waals surface area contributed by atoms with Crippen LogP contribution in [0.5, 0.6) is 0 Å². The molecule has 0 atom stereocenters. The second kappa shape index (κ2) is 3.53. The van der Waals surface area contributed by atoms with Crippen LogP contribution in [-0.4, -0.2) is 15.9 Å². The van der Waals surface area contributed by atoms with Crippen LogP contribution in [0.25, 0.3) is 11.5 Å². The highest BCUT2D eigenvalue weighted by molar-refractivity contribution is 5.90. The van der Waals surface area contributed by atoms with Crippen LogP contribution in [0.3, 0.4) is 0 Å². The lowest BCUT2D eigenvalue weighted by molar-refractivity contribution is 0.0995. The molecule has 0 aromatic carbocycles. The Morgan fingerprint density at radius 1 is 1.53 bits per heavy atom. The van der Waals surface area contributed by atoms with Crippen molar-refractivity contribution in [3.8, 4) is 11.5 Å². The highest BCUT2D eigenvalue weighted by Crippen LogP contribution is 2.19. The van der Waals surface area contributed by atoms with Gasteiger partial charge in [-0.25, -0.2) is 4.98 Å². The van der Waals surface area contributed by atoms with Crippen LogP contribution in [0.4, 0.5) is 0 Å². The van der Waals surface area contributed by atoms with Crippen LogP contribution in [-0.2, 0) is 0 Å². The van der Waals surface area contributed by atoms with Gasteiger partial charge < -0.3 is 10.2 Å². The standard InChI is InChI=1S/C10H9N3O2/c1-6-9(8-3-2-4-15-8)13-7(5-12-6)10(11)14/h2-5H,1H3,(H2,11,14). The van der Waals surface area contributed by atoms with Crippen LogP contribution in [0.1, 0.15) is 16.2 Å². The predicted octanol–water partition coefficient (Wildman–Crippen LogP) is 1.14. The van der Waals surface area contributed by atoms with Crippen molar-refractivity contribution in [1.82, 2.24) is 9.97 Å². The molecule has 0 spiro atoms. The Balaban J connectivity index is 2.55. The molecular weight excluding hydrogens is 194 g/mol. The van der Waals surface area contributed by atoms with Gasteiger partial charge in [0.2, 0.25) is 0 Å². The number of rotatable bonds is 2. The summed E-state index contributed by atoms with van der Waals surface area (Å²) in [7, 11) is 0. The number of aryl methyl sites for hydroxylation is 1. The molecule has 0 saturated heterocycles. The van der Waals surface area contributed by atoms with Gasteiger partial charge in [-0.15, -0.1) is 0 Å². The van der Waals surface area contributed by atoms with E-state index in [1.54, 1.807) is 19.1 Å². The van der Waals surface area contributed by atoms with Crippen molar-refractivity contribution in [1.29, 1.82) is 0 Å². The molecule has 76 valence electrons. The highest BCUT2D eigenvalue weighted by Gasteiger charge is 2.11. The molecule has 0 bridgehead atoms. The molecule has 0 aliphatic rings. The van der Waals surface area contributed by atoms with Gasteiger partial charge in [0.25, 0.3) is 5.91 Å². The minimum Gasteiger partial charge on any atom is -0.463 e. The van der Waals surface area contributed by atoms with Gasteiger partial charge in [-0.05, 0) is 19.1 Å². The molecule has 0 aliphatic heterocycles. The predicted molar refractivity (Wildman–Crippen MR) is 53.0 cm³/mol. The molecule has 0 aliphatic carbocycles. The SMILES string of the molecule is Cc1ncc(C(N)=O)nc1-c1ccco1. The summed E-state index contributed by atoms with van der Waals surface area (Å²) < 4.78 is 5.18. The molecule has 2 rings (SSSR count). The van der Waals surface area contributed by atoms with Crippen LogP contribution in [0.15, 0.2) is 29.0 Å². The number of nitrogens with zero attached hydrogens (tertiary/aromatic N) is 2. The number of carbonyl (C=O) groups is 1. The van der Waals surface area contributed by atoms with E-state index in [9.17, 15) is 4.79 Å². The molecule has 1 amide bonds. The van der Waals surface area contributed by atoms with Gasteiger partial charge in [0.05, 0.1) is 18.2 Å². The molecule has 5 heteroatoms. The molecule has 0 fully saturated rings. The monoisotopic (exact) mass is 203 g/mol. The average molecular weight is 203 g/mol. The Labute approximate surface area is 86.0 Å². The van der Waals surface area contributed by atoms with Crippen molar-refractivity contribution in [3.63, 3.8) is 0 Å². The molecule has 0 unspecified atom stereocenters. The number of amides is 1. The van der Waals surface area contributed by atoms with Crippen molar-refractivity contribution in [2.75, 3.05) is 0 Å². The smallest absolute Gasteiger partial charge is 0.268 e. The molecule has 2 heterocycles. The number of hydrogen-bond donors (Lipinski definition) is 1. The fraction of sp³-hybridized carbons (Fsp3) is 0.100. The van der Waals surface area contributed by atoms with E-state index in [1.807, 2.05) is 0 Å². The van der Waals surface area contributed by atoms with E-state index in [0.717, 1.165) is 0 Å². The van der Waals surface area contributed by atoms with Gasteiger partial charge in [-0.2, -0.15) is 0 Å². The minimum absolute atomic E-state index is 0.131. The van der Waals surface area contributed by atoms with Gasteiger partial charge in [-0.3, -0.25) is 9.78 Å². The third-order valence-electron chi connectivity index (χ3n) is 1.96. The lowest BCUT2D eigenvalue weighted by Crippen LogP contribution is -2.14. The Kier molecular flexibility index (Phi) is 2.21. The first-order valence-electron chi connectivity index (χ1n) is 4.36. The topological polar surface area (TPSA) is 82.0 Å². The summed E-state index contributed by atoms with van der Waals surface area (Å²) >= 11 is 0. The van der Waals surface area contributed by atoms with E-state index in [1.165, 1.54) is 12.5 Å². The third kappa shape index (κ3) is 1.71. The number of carbonyl (C=O) groups excluding carboxylic acids is 1. The fourth-order valence-corrected chi connectivity index (χ4v) is 1.21. The second-order valence-electron chi connectivity index (χ2n) is 3.03. The number of nitrogens with two attached hydrogens (primary N) is 1. The number of hydrogen-bond acceptors (Lipinski definition) is 4. The molecule has 2 aromatic rings. The van der Waals surface area contributed by atoms with E-state index < -0.39 is 5.91 Å². The average Bonchev–Trinajstić information content (AvgIpc) is 2.71. The largest absolute Gasteiger partial charge is 0.463 e. The number of aromatic nitrogens is 2. The van der Waals surface area contributed by atoms with Crippen LogP contribution >= 0.6 is 0 Å². The minimum atomic E-state index is -0.602. The van der Waals surface area contributed by atoms with Gasteiger partial charge in [0, 0.05) is 0 Å². The van der Waals surface area contributed by atoms with Gasteiger partial charge in [0.1, 0.15) is 11.4 Å². The molecule has 2 aromatic heterocycles. The molecular formula is C10H9N3O2. The summed E-state index contributed by atoms with van der Waals surface area (Å²) in [5.41, 5.74) is 6.47. The summed E-state index contributed by atoms with van der Waals surface area (Å²) in [6.07, 6.45) is 2.89. The molecule has 2 N–H and O–H groups in total. The quantitative estimate of drug-likeness (QED) is 0.793. The van der Waals surface area contributed by atoms with E-state index >= 15 is 0 Å². The van der Waals surface area contributed by atoms with E-state index in [2.05, 4.69) is 9.97 Å². The van der Waals surface area contributed by atoms with Crippen LogP contribution in [0.2, 0.25) is 0 Å². The molecule has 0 radical (unpaired) electrons. The Morgan fingerprint density at radius 2 is 2.33 bits per heavy atom. The first kappa shape index (κ1) is 9.39. The highest BCUT2D eigenvalue weighted by atomic mass is 16.3. The summed E-state index contributed by atoms with van der Waals surface area (Å²) in [6, 6.07) is 3.50. The summed E-state index contributed by atoms with van der Waals surface area (Å²) in [4.78, 5) is 19.0. The van der Waals surface area contributed by atoms with Crippen molar-refractivity contribution in [2.45, 2.75) is 6.92 Å². The maximum Gasteiger partial charge on any atom is 0.268 e. The lowest BCUT2D eigenvalue weighted by atomic mass is 10.2. The molecule has 5 nitrogen and oxygen atoms in total. The fourth-order valence-electron chi connectivity index (χ4n) is 1.21. The van der Waals surface area contributed by atoms with Crippen LogP contribution in [0, 0.1) is 6.92 Å². The number of furan rings is 1. The van der Waals surface area contributed by atoms with E-state index in [-0.39, 0.29) is 5.69 Å². The van der Waals surface area contributed by atoms with Crippen LogP contribution < -0.4 is 5.73 Å². The maximum atomic E-state index is 10.9. The zero-order valence-electron chi connectivity index (χ0n) is 8.10. The van der Waals surface area contributed by atoms with Crippen molar-refractivity contribution in [2.24, 2.45) is 5.73 Å². The van der Waals surface area contributed by atoms with E-state index in [0.29, 0.717) is 17.1 Å². The third-order valence-corrected chi connectivity index (χ3v) is 1.96. The summed E-state index contributed by atoms with van der Waals surface area (Å²) in [5, 5.41) is 0. The van der Waals surface area contributed by atoms with Gasteiger partial charge in [0.15, 0.2) is 5.76 Å².